The van der Waals surface area contributed by atoms with Gasteiger partial charge in [0.1, 0.15) is 5.75 Å². The summed E-state index contributed by atoms with van der Waals surface area (Å²) in [6.07, 6.45) is 0.846. The summed E-state index contributed by atoms with van der Waals surface area (Å²) in [5.41, 5.74) is 7.37. The van der Waals surface area contributed by atoms with E-state index in [-0.39, 0.29) is 0 Å². The van der Waals surface area contributed by atoms with Crippen LogP contribution in [0.5, 0.6) is 5.75 Å². The van der Waals surface area contributed by atoms with Crippen molar-refractivity contribution in [3.63, 3.8) is 0 Å². The van der Waals surface area contributed by atoms with Gasteiger partial charge in [-0.1, -0.05) is 24.8 Å². The summed E-state index contributed by atoms with van der Waals surface area (Å²) >= 11 is 1.61. The fraction of sp³-hybridized carbons (Fsp3) is 0.143. The van der Waals surface area contributed by atoms with Crippen molar-refractivity contribution in [3.05, 3.63) is 48.0 Å². The Hall–Kier alpha value is -1.61. The zero-order valence-corrected chi connectivity index (χ0v) is 10.5. The number of benzene rings is 2. The molecule has 0 spiro atoms. The second-order valence-electron chi connectivity index (χ2n) is 3.82. The molecule has 0 saturated carbocycles. The Labute approximate surface area is 105 Å². The first-order valence-corrected chi connectivity index (χ1v) is 6.36. The molecule has 2 rings (SSSR count). The minimum absolute atomic E-state index is 0.368. The van der Waals surface area contributed by atoms with Crippen LogP contribution in [-0.2, 0) is 6.42 Å². The van der Waals surface area contributed by atoms with Gasteiger partial charge in [-0.3, -0.25) is 0 Å². The lowest BCUT2D eigenvalue weighted by Crippen LogP contribution is -1.84. The Bertz CT molecular complexity index is 508. The number of phenolic OH excluding ortho intramolecular Hbond substituents is 1. The molecule has 2 nitrogen and oxygen atoms in total. The van der Waals surface area contributed by atoms with Crippen LogP contribution in [-0.4, -0.2) is 5.11 Å². The van der Waals surface area contributed by atoms with Crippen LogP contribution in [0.1, 0.15) is 12.5 Å². The van der Waals surface area contributed by atoms with Crippen LogP contribution in [0.3, 0.4) is 0 Å². The predicted octanol–water partition coefficient (Wildman–Crippen LogP) is 3.69. The Morgan fingerprint density at radius 1 is 1.06 bits per heavy atom. The number of aryl methyl sites for hydroxylation is 1. The highest BCUT2D eigenvalue weighted by Gasteiger charge is 2.02. The summed E-state index contributed by atoms with van der Waals surface area (Å²) in [5.74, 6) is 0.368. The van der Waals surface area contributed by atoms with E-state index in [1.165, 1.54) is 0 Å². The third-order valence-corrected chi connectivity index (χ3v) is 3.55. The number of nitrogens with two attached hydrogens (primary N) is 1. The maximum atomic E-state index is 9.78. The molecule has 0 unspecified atom stereocenters. The fourth-order valence-electron chi connectivity index (χ4n) is 1.58. The molecule has 88 valence electrons. The number of aromatic hydroxyl groups is 1. The van der Waals surface area contributed by atoms with E-state index in [1.54, 1.807) is 17.8 Å². The maximum Gasteiger partial charge on any atom is 0.119 e. The molecule has 2 aromatic rings. The third kappa shape index (κ3) is 2.94. The van der Waals surface area contributed by atoms with Crippen molar-refractivity contribution >= 4 is 17.4 Å². The van der Waals surface area contributed by atoms with Crippen LogP contribution in [0.15, 0.2) is 52.3 Å². The van der Waals surface area contributed by atoms with Gasteiger partial charge in [0.05, 0.1) is 0 Å². The van der Waals surface area contributed by atoms with Crippen molar-refractivity contribution in [2.75, 3.05) is 5.73 Å². The first-order valence-electron chi connectivity index (χ1n) is 5.54. The van der Waals surface area contributed by atoms with Crippen molar-refractivity contribution in [1.82, 2.24) is 0 Å². The van der Waals surface area contributed by atoms with Crippen LogP contribution in [0.4, 0.5) is 5.69 Å². The molecule has 17 heavy (non-hydrogen) atoms. The van der Waals surface area contributed by atoms with Crippen molar-refractivity contribution in [2.24, 2.45) is 0 Å². The van der Waals surface area contributed by atoms with E-state index >= 15 is 0 Å². The van der Waals surface area contributed by atoms with E-state index in [0.29, 0.717) is 5.75 Å². The van der Waals surface area contributed by atoms with Gasteiger partial charge in [-0.25, -0.2) is 0 Å². The number of nitrogen functional groups attached to an aromatic ring is 1. The molecule has 0 heterocycles. The van der Waals surface area contributed by atoms with Crippen LogP contribution < -0.4 is 5.73 Å². The number of rotatable bonds is 3. The van der Waals surface area contributed by atoms with Crippen LogP contribution in [0.25, 0.3) is 0 Å². The Morgan fingerprint density at radius 3 is 2.29 bits per heavy atom. The van der Waals surface area contributed by atoms with E-state index in [2.05, 4.69) is 0 Å². The molecule has 2 aromatic carbocycles. The van der Waals surface area contributed by atoms with Gasteiger partial charge in [0.2, 0.25) is 0 Å². The van der Waals surface area contributed by atoms with Gasteiger partial charge in [0.25, 0.3) is 0 Å². The zero-order chi connectivity index (χ0) is 12.3. The second kappa shape index (κ2) is 5.15. The number of hydrogen-bond acceptors (Lipinski definition) is 3. The molecular weight excluding hydrogens is 230 g/mol. The largest absolute Gasteiger partial charge is 0.508 e. The fourth-order valence-corrected chi connectivity index (χ4v) is 2.43. The summed E-state index contributed by atoms with van der Waals surface area (Å²) in [5, 5.41) is 9.78. The van der Waals surface area contributed by atoms with Crippen LogP contribution in [0.2, 0.25) is 0 Å². The van der Waals surface area contributed by atoms with Gasteiger partial charge < -0.3 is 10.8 Å². The summed E-state index contributed by atoms with van der Waals surface area (Å²) in [6.45, 7) is 2.03. The maximum absolute atomic E-state index is 9.78. The summed E-state index contributed by atoms with van der Waals surface area (Å²) in [4.78, 5) is 2.15. The Morgan fingerprint density at radius 2 is 1.71 bits per heavy atom. The molecule has 3 N–H and O–H groups in total. The van der Waals surface area contributed by atoms with Crippen molar-refractivity contribution in [1.29, 1.82) is 0 Å². The van der Waals surface area contributed by atoms with Gasteiger partial charge >= 0.3 is 0 Å². The first kappa shape index (κ1) is 11.9. The Balaban J connectivity index is 2.19. The Kier molecular flexibility index (Phi) is 3.59. The summed E-state index contributed by atoms with van der Waals surface area (Å²) < 4.78 is 0. The van der Waals surface area contributed by atoms with Gasteiger partial charge in [-0.2, -0.15) is 0 Å². The molecule has 0 saturated heterocycles. The highest BCUT2D eigenvalue weighted by molar-refractivity contribution is 7.99. The lowest BCUT2D eigenvalue weighted by atomic mass is 10.1. The number of hydrogen-bond donors (Lipinski definition) is 2. The quantitative estimate of drug-likeness (QED) is 0.811. The molecule has 0 fully saturated rings. The van der Waals surface area contributed by atoms with Crippen LogP contribution in [0, 0.1) is 0 Å². The lowest BCUT2D eigenvalue weighted by molar-refractivity contribution is 0.467. The van der Waals surface area contributed by atoms with Gasteiger partial charge in [-0.15, -0.1) is 0 Å². The molecule has 3 heteroatoms. The minimum Gasteiger partial charge on any atom is -0.508 e. The van der Waals surface area contributed by atoms with E-state index in [1.807, 2.05) is 43.3 Å². The van der Waals surface area contributed by atoms with Crippen LogP contribution >= 0.6 is 11.8 Å². The van der Waals surface area contributed by atoms with Gasteiger partial charge in [-0.05, 0) is 48.4 Å². The highest BCUT2D eigenvalue weighted by Crippen LogP contribution is 2.31. The van der Waals surface area contributed by atoms with Gasteiger partial charge in [0, 0.05) is 15.5 Å². The normalized spacial score (nSPS) is 10.4. The lowest BCUT2D eigenvalue weighted by Gasteiger charge is -2.05. The molecule has 0 aromatic heterocycles. The zero-order valence-electron chi connectivity index (χ0n) is 9.68. The van der Waals surface area contributed by atoms with Crippen molar-refractivity contribution in [2.45, 2.75) is 23.1 Å². The molecule has 0 amide bonds. The molecule has 0 aliphatic heterocycles. The average molecular weight is 245 g/mol. The second-order valence-corrected chi connectivity index (χ2v) is 4.96. The highest BCUT2D eigenvalue weighted by atomic mass is 32.2. The van der Waals surface area contributed by atoms with E-state index < -0.39 is 0 Å². The molecule has 0 aliphatic rings. The average Bonchev–Trinajstić information content (AvgIpc) is 2.32. The van der Waals surface area contributed by atoms with E-state index in [0.717, 1.165) is 27.5 Å². The summed E-state index contributed by atoms with van der Waals surface area (Å²) in [6, 6.07) is 13.5. The minimum atomic E-state index is 0.368. The number of phenols is 1. The molecule has 0 bridgehead atoms. The molecule has 0 aliphatic carbocycles. The van der Waals surface area contributed by atoms with E-state index in [9.17, 15) is 5.11 Å². The third-order valence-electron chi connectivity index (χ3n) is 2.55. The SMILES string of the molecule is CCc1ccc(Sc2ccc(N)cc2)cc1O. The van der Waals surface area contributed by atoms with Crippen molar-refractivity contribution < 1.29 is 5.11 Å². The predicted molar refractivity (Wildman–Crippen MR) is 72.5 cm³/mol. The molecule has 0 radical (unpaired) electrons. The smallest absolute Gasteiger partial charge is 0.119 e. The van der Waals surface area contributed by atoms with Crippen molar-refractivity contribution in [3.8, 4) is 5.75 Å². The van der Waals surface area contributed by atoms with E-state index in [4.69, 9.17) is 5.73 Å². The first-order chi connectivity index (χ1) is 8.19. The standard InChI is InChI=1S/C14H15NOS/c1-2-10-3-6-13(9-14(10)16)17-12-7-4-11(15)5-8-12/h3-9,16H,2,15H2,1H3. The number of anilines is 1. The summed E-state index contributed by atoms with van der Waals surface area (Å²) in [7, 11) is 0. The van der Waals surface area contributed by atoms with Gasteiger partial charge in [0.15, 0.2) is 0 Å². The molecule has 0 atom stereocenters. The monoisotopic (exact) mass is 245 g/mol. The molecular formula is C14H15NOS. The topological polar surface area (TPSA) is 46.2 Å².